The Morgan fingerprint density at radius 3 is 2.34 bits per heavy atom. The van der Waals surface area contributed by atoms with Gasteiger partial charge in [-0.15, -0.1) is 5.10 Å². The first kappa shape index (κ1) is 36.6. The monoisotopic (exact) mass is 761 g/mol. The minimum Gasteiger partial charge on any atom is -0.508 e. The van der Waals surface area contributed by atoms with Crippen molar-refractivity contribution in [3.63, 3.8) is 0 Å². The van der Waals surface area contributed by atoms with Crippen molar-refractivity contribution in [1.82, 2.24) is 45.1 Å². The van der Waals surface area contributed by atoms with E-state index in [-0.39, 0.29) is 48.1 Å². The molecule has 1 aliphatic carbocycles. The lowest BCUT2D eigenvalue weighted by Gasteiger charge is -2.22. The van der Waals surface area contributed by atoms with Crippen LogP contribution in [0.4, 0.5) is 11.8 Å². The van der Waals surface area contributed by atoms with Gasteiger partial charge in [-0.1, -0.05) is 36.4 Å². The smallest absolute Gasteiger partial charge is 0.251 e. The molecule has 3 aromatic carbocycles. The summed E-state index contributed by atoms with van der Waals surface area (Å²) in [5.74, 6) is 0.412. The fraction of sp³-hybridized carbons (Fsp3) is 0.359. The molecular weight excluding hydrogens is 718 g/mol. The summed E-state index contributed by atoms with van der Waals surface area (Å²) in [6.45, 7) is 3.05. The van der Waals surface area contributed by atoms with Crippen molar-refractivity contribution in [2.45, 2.75) is 62.4 Å². The topological polar surface area (TPSA) is 229 Å². The number of benzene rings is 3. The summed E-state index contributed by atoms with van der Waals surface area (Å²) in [4.78, 5) is 42.2. The average Bonchev–Trinajstić information content (AvgIpc) is 4.00. The fourth-order valence-corrected chi connectivity index (χ4v) is 7.70. The van der Waals surface area contributed by atoms with Gasteiger partial charge in [0.05, 0.1) is 23.9 Å². The van der Waals surface area contributed by atoms with Crippen LogP contribution in [-0.2, 0) is 11.8 Å². The SMILES string of the molecule is CCC(=O)N[C@H]1C[C@@H](n2cnc3c(NCC(c4ccc(O)cc4)c4ccc(O)cc4)nc(N4CC[C@@H](NC(=O)c5ccc6c(c5)nnn6C)C4)nc32)[C@H](O)[C@@H]1O. The van der Waals surface area contributed by atoms with E-state index in [1.165, 1.54) is 0 Å². The highest BCUT2D eigenvalue weighted by Gasteiger charge is 2.44. The molecule has 0 spiro atoms. The van der Waals surface area contributed by atoms with Crippen molar-refractivity contribution in [2.24, 2.45) is 7.05 Å². The van der Waals surface area contributed by atoms with Gasteiger partial charge < -0.3 is 45.8 Å². The van der Waals surface area contributed by atoms with Crippen LogP contribution in [0.2, 0.25) is 0 Å². The lowest BCUT2D eigenvalue weighted by molar-refractivity contribution is -0.122. The molecule has 1 aliphatic heterocycles. The van der Waals surface area contributed by atoms with Crippen molar-refractivity contribution in [1.29, 1.82) is 0 Å². The summed E-state index contributed by atoms with van der Waals surface area (Å²) in [5.41, 5.74) is 4.62. The molecule has 2 aliphatic rings. The van der Waals surface area contributed by atoms with E-state index in [1.54, 1.807) is 65.9 Å². The second-order valence-electron chi connectivity index (χ2n) is 14.4. The molecule has 3 aromatic heterocycles. The van der Waals surface area contributed by atoms with E-state index in [0.29, 0.717) is 60.1 Å². The molecular formula is C39H43N11O6. The Balaban J connectivity index is 1.10. The van der Waals surface area contributed by atoms with E-state index in [9.17, 15) is 30.0 Å². The quantitative estimate of drug-likeness (QED) is 0.101. The molecule has 0 unspecified atom stereocenters. The number of aryl methyl sites for hydroxylation is 1. The van der Waals surface area contributed by atoms with Crippen LogP contribution in [0.1, 0.15) is 59.6 Å². The van der Waals surface area contributed by atoms with E-state index in [1.807, 2.05) is 35.2 Å². The predicted molar refractivity (Wildman–Crippen MR) is 206 cm³/mol. The highest BCUT2D eigenvalue weighted by atomic mass is 16.3. The number of nitrogens with one attached hydrogen (secondary N) is 3. The van der Waals surface area contributed by atoms with Gasteiger partial charge in [0.25, 0.3) is 5.91 Å². The number of phenols is 2. The number of hydrogen-bond acceptors (Lipinski definition) is 13. The Hall–Kier alpha value is -6.33. The molecule has 0 radical (unpaired) electrons. The number of carbonyl (C=O) groups excluding carboxylic acids is 2. The number of fused-ring (bicyclic) bond motifs is 2. The molecule has 8 rings (SSSR count). The largest absolute Gasteiger partial charge is 0.508 e. The molecule has 2 amide bonds. The van der Waals surface area contributed by atoms with Crippen molar-refractivity contribution < 1.29 is 30.0 Å². The predicted octanol–water partition coefficient (Wildman–Crippen LogP) is 2.33. The van der Waals surface area contributed by atoms with Gasteiger partial charge >= 0.3 is 0 Å². The fourth-order valence-electron chi connectivity index (χ4n) is 7.70. The maximum Gasteiger partial charge on any atom is 0.251 e. The van der Waals surface area contributed by atoms with Gasteiger partial charge in [0.1, 0.15) is 29.2 Å². The average molecular weight is 762 g/mol. The van der Waals surface area contributed by atoms with Crippen molar-refractivity contribution >= 4 is 45.8 Å². The number of aromatic nitrogens is 7. The zero-order valence-corrected chi connectivity index (χ0v) is 30.8. The number of aliphatic hydroxyl groups is 2. The van der Waals surface area contributed by atoms with Crippen LogP contribution < -0.4 is 20.9 Å². The molecule has 17 heteroatoms. The third kappa shape index (κ3) is 7.13. The normalized spacial score (nSPS) is 20.9. The first-order valence-electron chi connectivity index (χ1n) is 18.6. The number of carbonyl (C=O) groups is 2. The van der Waals surface area contributed by atoms with Crippen molar-refractivity contribution in [3.05, 3.63) is 89.7 Å². The summed E-state index contributed by atoms with van der Waals surface area (Å²) in [6, 6.07) is 17.6. The van der Waals surface area contributed by atoms with Crippen LogP contribution in [0.25, 0.3) is 22.2 Å². The van der Waals surface area contributed by atoms with E-state index in [2.05, 4.69) is 26.3 Å². The Morgan fingerprint density at radius 1 is 0.929 bits per heavy atom. The summed E-state index contributed by atoms with van der Waals surface area (Å²) in [5, 5.41) is 59.8. The van der Waals surface area contributed by atoms with Gasteiger partial charge in [-0.2, -0.15) is 9.97 Å². The summed E-state index contributed by atoms with van der Waals surface area (Å²) < 4.78 is 3.38. The van der Waals surface area contributed by atoms with Gasteiger partial charge in [-0.25, -0.2) is 9.67 Å². The zero-order chi connectivity index (χ0) is 39.1. The van der Waals surface area contributed by atoms with E-state index >= 15 is 0 Å². The lowest BCUT2D eigenvalue weighted by atomic mass is 9.91. The molecule has 17 nitrogen and oxygen atoms in total. The summed E-state index contributed by atoms with van der Waals surface area (Å²) in [6.07, 6.45) is 0.304. The second-order valence-corrected chi connectivity index (χ2v) is 14.4. The van der Waals surface area contributed by atoms with Crippen LogP contribution in [0.5, 0.6) is 11.5 Å². The highest BCUT2D eigenvalue weighted by molar-refractivity contribution is 5.97. The van der Waals surface area contributed by atoms with Crippen molar-refractivity contribution in [3.8, 4) is 11.5 Å². The van der Waals surface area contributed by atoms with Crippen molar-refractivity contribution in [2.75, 3.05) is 29.9 Å². The van der Waals surface area contributed by atoms with Gasteiger partial charge in [-0.3, -0.25) is 9.59 Å². The maximum absolute atomic E-state index is 13.3. The molecule has 56 heavy (non-hydrogen) atoms. The third-order valence-electron chi connectivity index (χ3n) is 10.8. The van der Waals surface area contributed by atoms with Gasteiger partial charge in [0.15, 0.2) is 17.0 Å². The van der Waals surface area contributed by atoms with Crippen LogP contribution in [0.15, 0.2) is 73.1 Å². The first-order valence-corrected chi connectivity index (χ1v) is 18.6. The standard InChI is InChI=1S/C39H43N11O6/c1-3-32(53)43-29-17-31(35(55)34(29)54)50-20-41-33-36(40-18-27(21-4-9-25(51)10-5-21)22-6-11-26(52)12-7-22)44-39(45-37(33)50)49-15-14-24(19-49)42-38(56)23-8-13-30-28(16-23)46-47-48(30)2/h4-13,16,20,24,27,29,31,34-35,51-52,54-55H,3,14-15,17-19H2,1-2H3,(H,42,56)(H,43,53)(H,40,44,45)/t24-,29+,31-,34-,35+/m1/s1. The third-order valence-corrected chi connectivity index (χ3v) is 10.8. The van der Waals surface area contributed by atoms with Crippen LogP contribution in [-0.4, -0.2) is 111 Å². The summed E-state index contributed by atoms with van der Waals surface area (Å²) in [7, 11) is 1.79. The van der Waals surface area contributed by atoms with Gasteiger partial charge in [0.2, 0.25) is 11.9 Å². The molecule has 6 aromatic rings. The number of nitrogens with zero attached hydrogens (tertiary/aromatic N) is 8. The molecule has 0 bridgehead atoms. The second kappa shape index (κ2) is 15.1. The number of anilines is 2. The number of hydrogen-bond donors (Lipinski definition) is 7. The number of phenolic OH excluding ortho intramolecular Hbond substituents is 2. The summed E-state index contributed by atoms with van der Waals surface area (Å²) >= 11 is 0. The Bertz CT molecular complexity index is 2340. The van der Waals surface area contributed by atoms with E-state index in [0.717, 1.165) is 16.6 Å². The zero-order valence-electron chi connectivity index (χ0n) is 30.8. The lowest BCUT2D eigenvalue weighted by Crippen LogP contribution is -2.42. The number of amides is 2. The van der Waals surface area contributed by atoms with Crippen LogP contribution in [0, 0.1) is 0 Å². The highest BCUT2D eigenvalue weighted by Crippen LogP contribution is 2.36. The Kier molecular flexibility index (Phi) is 9.86. The molecule has 4 heterocycles. The molecule has 2 fully saturated rings. The molecule has 7 N–H and O–H groups in total. The minimum atomic E-state index is -1.20. The van der Waals surface area contributed by atoms with E-state index in [4.69, 9.17) is 15.0 Å². The number of aromatic hydroxyl groups is 2. The molecule has 1 saturated carbocycles. The number of aliphatic hydroxyl groups excluding tert-OH is 2. The minimum absolute atomic E-state index is 0.140. The molecule has 1 saturated heterocycles. The maximum atomic E-state index is 13.3. The Morgan fingerprint density at radius 2 is 1.64 bits per heavy atom. The van der Waals surface area contributed by atoms with Crippen LogP contribution >= 0.6 is 0 Å². The number of rotatable bonds is 11. The number of imidazole rings is 1. The van der Waals surface area contributed by atoms with Crippen LogP contribution in [0.3, 0.4) is 0 Å². The van der Waals surface area contributed by atoms with E-state index < -0.39 is 24.3 Å². The van der Waals surface area contributed by atoms with Gasteiger partial charge in [-0.05, 0) is 66.4 Å². The van der Waals surface area contributed by atoms with Gasteiger partial charge in [0, 0.05) is 50.6 Å². The first-order chi connectivity index (χ1) is 27.1. The Labute approximate surface area is 321 Å². The molecule has 5 atom stereocenters. The molecule has 290 valence electrons.